The third-order valence-electron chi connectivity index (χ3n) is 3.66. The van der Waals surface area contributed by atoms with Crippen molar-refractivity contribution >= 4 is 35.9 Å². The molecular formula is C22H18ClN3O2. The molecule has 1 aromatic heterocycles. The van der Waals surface area contributed by atoms with Crippen molar-refractivity contribution in [2.24, 2.45) is 5.10 Å². The van der Waals surface area contributed by atoms with Gasteiger partial charge in [-0.2, -0.15) is 5.10 Å². The fourth-order valence-corrected chi connectivity index (χ4v) is 2.37. The first-order valence-corrected chi connectivity index (χ1v) is 8.96. The zero-order valence-electron chi connectivity index (χ0n) is 15.0. The zero-order chi connectivity index (χ0) is 19.6. The molecule has 1 amide bonds. The monoisotopic (exact) mass is 391 g/mol. The number of halogens is 1. The lowest BCUT2D eigenvalue weighted by molar-refractivity contribution is -0.123. The van der Waals surface area contributed by atoms with Crippen LogP contribution in [0, 0.1) is 0 Å². The summed E-state index contributed by atoms with van der Waals surface area (Å²) in [6, 6.07) is 20.5. The van der Waals surface area contributed by atoms with Crippen molar-refractivity contribution in [3.8, 4) is 5.75 Å². The Hall–Kier alpha value is -3.44. The van der Waals surface area contributed by atoms with E-state index in [9.17, 15) is 4.79 Å². The molecule has 28 heavy (non-hydrogen) atoms. The number of hydrogen-bond donors (Lipinski definition) is 1. The topological polar surface area (TPSA) is 63.6 Å². The van der Waals surface area contributed by atoms with E-state index >= 15 is 0 Å². The average Bonchev–Trinajstić information content (AvgIpc) is 2.73. The highest BCUT2D eigenvalue weighted by atomic mass is 35.5. The summed E-state index contributed by atoms with van der Waals surface area (Å²) in [5.41, 5.74) is 5.14. The molecule has 0 atom stereocenters. The molecule has 0 aliphatic carbocycles. The van der Waals surface area contributed by atoms with E-state index in [1.165, 1.54) is 6.21 Å². The standard InChI is InChI=1S/C22H18ClN3O2/c23-19-10-6-17(7-11-19)4-5-18-8-12-21(13-9-18)28-16-22(27)26-25-15-20-3-1-2-14-24-20/h1-15H,16H2,(H,26,27)/b5-4+,25-15+. The molecule has 3 aromatic rings. The van der Waals surface area contributed by atoms with Crippen LogP contribution in [0.25, 0.3) is 12.2 Å². The number of hydrazone groups is 1. The first-order chi connectivity index (χ1) is 13.7. The Kier molecular flexibility index (Phi) is 6.93. The fraction of sp³-hybridized carbons (Fsp3) is 0.0455. The van der Waals surface area contributed by atoms with Crippen molar-refractivity contribution in [2.45, 2.75) is 0 Å². The van der Waals surface area contributed by atoms with Crippen LogP contribution >= 0.6 is 11.6 Å². The van der Waals surface area contributed by atoms with Crippen molar-refractivity contribution in [2.75, 3.05) is 6.61 Å². The number of amides is 1. The normalized spacial score (nSPS) is 11.0. The molecule has 0 spiro atoms. The molecule has 0 unspecified atom stereocenters. The first-order valence-electron chi connectivity index (χ1n) is 8.58. The van der Waals surface area contributed by atoms with Crippen molar-refractivity contribution in [1.82, 2.24) is 10.4 Å². The highest BCUT2D eigenvalue weighted by Gasteiger charge is 2.01. The van der Waals surface area contributed by atoms with E-state index in [1.54, 1.807) is 12.3 Å². The highest BCUT2D eigenvalue weighted by Crippen LogP contribution is 2.15. The number of ether oxygens (including phenoxy) is 1. The number of rotatable bonds is 7. The summed E-state index contributed by atoms with van der Waals surface area (Å²) in [5.74, 6) is 0.256. The highest BCUT2D eigenvalue weighted by molar-refractivity contribution is 6.30. The summed E-state index contributed by atoms with van der Waals surface area (Å²) in [6.07, 6.45) is 7.12. The van der Waals surface area contributed by atoms with Gasteiger partial charge >= 0.3 is 0 Å². The number of nitrogens with zero attached hydrogens (tertiary/aromatic N) is 2. The lowest BCUT2D eigenvalue weighted by Crippen LogP contribution is -2.24. The smallest absolute Gasteiger partial charge is 0.277 e. The van der Waals surface area contributed by atoms with Crippen LogP contribution in [-0.4, -0.2) is 23.7 Å². The summed E-state index contributed by atoms with van der Waals surface area (Å²) < 4.78 is 5.46. The lowest BCUT2D eigenvalue weighted by Gasteiger charge is -2.05. The molecular weight excluding hydrogens is 374 g/mol. The van der Waals surface area contributed by atoms with Gasteiger partial charge in [-0.05, 0) is 47.5 Å². The molecule has 0 saturated heterocycles. The number of carbonyl (C=O) groups is 1. The lowest BCUT2D eigenvalue weighted by atomic mass is 10.1. The number of aromatic nitrogens is 1. The van der Waals surface area contributed by atoms with Crippen LogP contribution < -0.4 is 10.2 Å². The Morgan fingerprint density at radius 1 is 1.00 bits per heavy atom. The molecule has 2 aromatic carbocycles. The van der Waals surface area contributed by atoms with E-state index in [1.807, 2.05) is 72.8 Å². The molecule has 0 aliphatic heterocycles. The quantitative estimate of drug-likeness (QED) is 0.368. The van der Waals surface area contributed by atoms with Crippen LogP contribution in [0.15, 0.2) is 78.0 Å². The molecule has 140 valence electrons. The maximum atomic E-state index is 11.8. The van der Waals surface area contributed by atoms with Gasteiger partial charge in [0.25, 0.3) is 5.91 Å². The van der Waals surface area contributed by atoms with Crippen molar-refractivity contribution in [3.05, 3.63) is 94.8 Å². The molecule has 5 nitrogen and oxygen atoms in total. The van der Waals surface area contributed by atoms with Crippen molar-refractivity contribution < 1.29 is 9.53 Å². The second kappa shape index (κ2) is 10.0. The van der Waals surface area contributed by atoms with E-state index in [4.69, 9.17) is 16.3 Å². The molecule has 3 rings (SSSR count). The van der Waals surface area contributed by atoms with Crippen molar-refractivity contribution in [1.29, 1.82) is 0 Å². The Labute approximate surface area is 168 Å². The molecule has 0 saturated carbocycles. The van der Waals surface area contributed by atoms with Gasteiger partial charge in [0.1, 0.15) is 5.75 Å². The van der Waals surface area contributed by atoms with Crippen LogP contribution in [0.1, 0.15) is 16.8 Å². The largest absolute Gasteiger partial charge is 0.484 e. The Bertz CT molecular complexity index is 953. The minimum absolute atomic E-state index is 0.125. The summed E-state index contributed by atoms with van der Waals surface area (Å²) in [5, 5.41) is 4.56. The predicted octanol–water partition coefficient (Wildman–Crippen LogP) is 4.43. The van der Waals surface area contributed by atoms with Crippen LogP contribution in [-0.2, 0) is 4.79 Å². The van der Waals surface area contributed by atoms with Gasteiger partial charge in [-0.25, -0.2) is 5.43 Å². The maximum absolute atomic E-state index is 11.8. The van der Waals surface area contributed by atoms with Gasteiger partial charge in [0.05, 0.1) is 11.9 Å². The summed E-state index contributed by atoms with van der Waals surface area (Å²) in [6.45, 7) is -0.125. The van der Waals surface area contributed by atoms with Crippen LogP contribution in [0.3, 0.4) is 0 Å². The molecule has 1 heterocycles. The Morgan fingerprint density at radius 3 is 2.32 bits per heavy atom. The second-order valence-corrected chi connectivity index (χ2v) is 6.23. The Morgan fingerprint density at radius 2 is 1.68 bits per heavy atom. The summed E-state index contributed by atoms with van der Waals surface area (Å²) >= 11 is 5.88. The first kappa shape index (κ1) is 19.3. The molecule has 0 fully saturated rings. The minimum Gasteiger partial charge on any atom is -0.484 e. The Balaban J connectivity index is 1.45. The van der Waals surface area contributed by atoms with Gasteiger partial charge in [-0.15, -0.1) is 0 Å². The van der Waals surface area contributed by atoms with E-state index in [2.05, 4.69) is 15.5 Å². The molecule has 0 aliphatic rings. The summed E-state index contributed by atoms with van der Waals surface area (Å²) in [7, 11) is 0. The van der Waals surface area contributed by atoms with E-state index in [0.29, 0.717) is 16.5 Å². The number of pyridine rings is 1. The van der Waals surface area contributed by atoms with Crippen LogP contribution in [0.4, 0.5) is 0 Å². The molecule has 0 radical (unpaired) electrons. The predicted molar refractivity (Wildman–Crippen MR) is 112 cm³/mol. The number of hydrogen-bond acceptors (Lipinski definition) is 4. The number of nitrogens with one attached hydrogen (secondary N) is 1. The third-order valence-corrected chi connectivity index (χ3v) is 3.91. The van der Waals surface area contributed by atoms with Gasteiger partial charge < -0.3 is 4.74 Å². The van der Waals surface area contributed by atoms with E-state index in [0.717, 1.165) is 11.1 Å². The average molecular weight is 392 g/mol. The number of carbonyl (C=O) groups excluding carboxylic acids is 1. The van der Waals surface area contributed by atoms with Crippen LogP contribution in [0.5, 0.6) is 5.75 Å². The fourth-order valence-electron chi connectivity index (χ4n) is 2.25. The van der Waals surface area contributed by atoms with Gasteiger partial charge in [0.2, 0.25) is 0 Å². The minimum atomic E-state index is -0.348. The van der Waals surface area contributed by atoms with E-state index < -0.39 is 0 Å². The van der Waals surface area contributed by atoms with Crippen molar-refractivity contribution in [3.63, 3.8) is 0 Å². The third kappa shape index (κ3) is 6.37. The van der Waals surface area contributed by atoms with E-state index in [-0.39, 0.29) is 12.5 Å². The molecule has 0 bridgehead atoms. The zero-order valence-corrected chi connectivity index (χ0v) is 15.7. The van der Waals surface area contributed by atoms with Gasteiger partial charge in [-0.3, -0.25) is 9.78 Å². The molecule has 1 N–H and O–H groups in total. The maximum Gasteiger partial charge on any atom is 0.277 e. The van der Waals surface area contributed by atoms with Crippen LogP contribution in [0.2, 0.25) is 5.02 Å². The molecule has 6 heteroatoms. The number of benzene rings is 2. The van der Waals surface area contributed by atoms with Gasteiger partial charge in [0.15, 0.2) is 6.61 Å². The second-order valence-electron chi connectivity index (χ2n) is 5.79. The van der Waals surface area contributed by atoms with Gasteiger partial charge in [0, 0.05) is 11.2 Å². The summed E-state index contributed by atoms with van der Waals surface area (Å²) in [4.78, 5) is 15.8. The van der Waals surface area contributed by atoms with Gasteiger partial charge in [-0.1, -0.05) is 54.1 Å². The SMILES string of the molecule is O=C(COc1ccc(/C=C/c2ccc(Cl)cc2)cc1)N/N=C/c1ccccn1.